The van der Waals surface area contributed by atoms with Crippen molar-refractivity contribution >= 4 is 11.6 Å². The molecule has 3 N–H and O–H groups in total. The molecule has 1 heterocycles. The number of primary amides is 1. The van der Waals surface area contributed by atoms with E-state index in [4.69, 9.17) is 10.5 Å². The minimum Gasteiger partial charge on any atom is -0.381 e. The number of benzene rings is 1. The van der Waals surface area contributed by atoms with E-state index in [2.05, 4.69) is 24.1 Å². The van der Waals surface area contributed by atoms with Crippen molar-refractivity contribution in [3.63, 3.8) is 0 Å². The topological polar surface area (TPSA) is 64.3 Å². The summed E-state index contributed by atoms with van der Waals surface area (Å²) in [6, 6.07) is 5.95. The van der Waals surface area contributed by atoms with E-state index in [0.717, 1.165) is 56.6 Å². The first-order valence-electron chi connectivity index (χ1n) is 7.97. The summed E-state index contributed by atoms with van der Waals surface area (Å²) in [5.41, 5.74) is 7.65. The third kappa shape index (κ3) is 4.78. The van der Waals surface area contributed by atoms with E-state index in [-0.39, 0.29) is 0 Å². The second-order valence-electron chi connectivity index (χ2n) is 5.56. The van der Waals surface area contributed by atoms with Gasteiger partial charge in [-0.05, 0) is 37.5 Å². The minimum atomic E-state index is -0.424. The number of hydrogen-bond donors (Lipinski definition) is 2. The highest BCUT2D eigenvalue weighted by Crippen LogP contribution is 2.21. The monoisotopic (exact) mass is 300 g/mol. The van der Waals surface area contributed by atoms with Gasteiger partial charge in [0.15, 0.2) is 0 Å². The Bertz CT molecular complexity index is 566. The van der Waals surface area contributed by atoms with Crippen LogP contribution in [0.2, 0.25) is 0 Å². The molecule has 4 heteroatoms. The minimum absolute atomic E-state index is 0.327. The third-order valence-electron chi connectivity index (χ3n) is 3.75. The van der Waals surface area contributed by atoms with Crippen LogP contribution in [0.1, 0.15) is 54.9 Å². The summed E-state index contributed by atoms with van der Waals surface area (Å²) in [5, 5.41) is 3.41. The Hall–Kier alpha value is -1.99. The predicted octanol–water partition coefficient (Wildman–Crippen LogP) is 2.92. The Morgan fingerprint density at radius 1 is 1.41 bits per heavy atom. The van der Waals surface area contributed by atoms with Crippen LogP contribution in [-0.4, -0.2) is 25.2 Å². The Morgan fingerprint density at radius 3 is 2.86 bits per heavy atom. The van der Waals surface area contributed by atoms with Gasteiger partial charge in [-0.2, -0.15) is 0 Å². The molecule has 118 valence electrons. The number of hydrogen-bond acceptors (Lipinski definition) is 3. The standard InChI is InChI=1S/C18H24N2O2/c1-2-3-4-5-6-14-7-8-17(16(13-14)18(19)21)20-15-9-11-22-12-10-15/h7-8,13,15,20H,2-4,9-12H2,1H3,(H2,19,21). The first-order valence-corrected chi connectivity index (χ1v) is 7.97. The van der Waals surface area contributed by atoms with Crippen LogP contribution < -0.4 is 11.1 Å². The van der Waals surface area contributed by atoms with Crippen LogP contribution >= 0.6 is 0 Å². The molecule has 1 aliphatic heterocycles. The van der Waals surface area contributed by atoms with Crippen LogP contribution in [0.15, 0.2) is 18.2 Å². The Morgan fingerprint density at radius 2 is 2.18 bits per heavy atom. The number of ether oxygens (including phenoxy) is 1. The normalized spacial score (nSPS) is 15.0. The van der Waals surface area contributed by atoms with Crippen molar-refractivity contribution in [2.24, 2.45) is 5.73 Å². The average Bonchev–Trinajstić information content (AvgIpc) is 2.53. The summed E-state index contributed by atoms with van der Waals surface area (Å²) in [5.74, 6) is 5.81. The second-order valence-corrected chi connectivity index (χ2v) is 5.56. The first-order chi connectivity index (χ1) is 10.7. The molecule has 0 radical (unpaired) electrons. The number of anilines is 1. The Balaban J connectivity index is 2.12. The molecule has 4 nitrogen and oxygen atoms in total. The van der Waals surface area contributed by atoms with Gasteiger partial charge in [-0.3, -0.25) is 4.79 Å². The third-order valence-corrected chi connectivity index (χ3v) is 3.75. The Labute approximate surface area is 132 Å². The van der Waals surface area contributed by atoms with Crippen molar-refractivity contribution in [1.29, 1.82) is 0 Å². The van der Waals surface area contributed by atoms with Crippen molar-refractivity contribution in [3.05, 3.63) is 29.3 Å². The fraction of sp³-hybridized carbons (Fsp3) is 0.500. The highest BCUT2D eigenvalue weighted by atomic mass is 16.5. The number of nitrogens with one attached hydrogen (secondary N) is 1. The highest BCUT2D eigenvalue weighted by Gasteiger charge is 2.16. The van der Waals surface area contributed by atoms with Gasteiger partial charge >= 0.3 is 0 Å². The molecule has 1 amide bonds. The van der Waals surface area contributed by atoms with E-state index in [1.165, 1.54) is 0 Å². The van der Waals surface area contributed by atoms with E-state index in [1.54, 1.807) is 6.07 Å². The van der Waals surface area contributed by atoms with E-state index in [0.29, 0.717) is 11.6 Å². The van der Waals surface area contributed by atoms with Crippen LogP contribution in [0.3, 0.4) is 0 Å². The molecule has 22 heavy (non-hydrogen) atoms. The van der Waals surface area contributed by atoms with E-state index < -0.39 is 5.91 Å². The molecule has 0 aromatic heterocycles. The van der Waals surface area contributed by atoms with Gasteiger partial charge in [-0.25, -0.2) is 0 Å². The molecule has 1 aromatic rings. The lowest BCUT2D eigenvalue weighted by Crippen LogP contribution is -2.29. The van der Waals surface area contributed by atoms with Crippen LogP contribution in [0.5, 0.6) is 0 Å². The molecule has 1 fully saturated rings. The molecule has 0 spiro atoms. The first kappa shape index (κ1) is 16.4. The molecular formula is C18H24N2O2. The van der Waals surface area contributed by atoms with Gasteiger partial charge in [-0.1, -0.05) is 25.2 Å². The van der Waals surface area contributed by atoms with Crippen LogP contribution in [0.25, 0.3) is 0 Å². The van der Waals surface area contributed by atoms with E-state index in [1.807, 2.05) is 12.1 Å². The van der Waals surface area contributed by atoms with Gasteiger partial charge < -0.3 is 15.8 Å². The number of rotatable bonds is 5. The number of unbranched alkanes of at least 4 members (excludes halogenated alkanes) is 2. The fourth-order valence-corrected chi connectivity index (χ4v) is 2.44. The summed E-state index contributed by atoms with van der Waals surface area (Å²) < 4.78 is 5.35. The lowest BCUT2D eigenvalue weighted by atomic mass is 10.0. The molecular weight excluding hydrogens is 276 g/mol. The summed E-state index contributed by atoms with van der Waals surface area (Å²) in [4.78, 5) is 11.7. The quantitative estimate of drug-likeness (QED) is 0.649. The van der Waals surface area contributed by atoms with Gasteiger partial charge in [-0.15, -0.1) is 0 Å². The maximum atomic E-state index is 11.7. The molecule has 0 atom stereocenters. The van der Waals surface area contributed by atoms with Crippen molar-refractivity contribution in [1.82, 2.24) is 0 Å². The Kier molecular flexibility index (Phi) is 6.29. The van der Waals surface area contributed by atoms with Gasteiger partial charge in [0, 0.05) is 36.9 Å². The average molecular weight is 300 g/mol. The van der Waals surface area contributed by atoms with Gasteiger partial charge in [0.05, 0.1) is 5.56 Å². The van der Waals surface area contributed by atoms with Gasteiger partial charge in [0.25, 0.3) is 5.91 Å². The summed E-state index contributed by atoms with van der Waals surface area (Å²) >= 11 is 0. The molecule has 1 aliphatic rings. The smallest absolute Gasteiger partial charge is 0.250 e. The van der Waals surface area contributed by atoms with Gasteiger partial charge in [0.2, 0.25) is 0 Å². The van der Waals surface area contributed by atoms with Crippen LogP contribution in [-0.2, 0) is 4.74 Å². The molecule has 0 unspecified atom stereocenters. The van der Waals surface area contributed by atoms with Crippen LogP contribution in [0.4, 0.5) is 5.69 Å². The predicted molar refractivity (Wildman–Crippen MR) is 88.8 cm³/mol. The van der Waals surface area contributed by atoms with Crippen molar-refractivity contribution in [3.8, 4) is 11.8 Å². The van der Waals surface area contributed by atoms with E-state index in [9.17, 15) is 4.79 Å². The highest BCUT2D eigenvalue weighted by molar-refractivity contribution is 5.99. The van der Waals surface area contributed by atoms with Crippen molar-refractivity contribution in [2.45, 2.75) is 45.1 Å². The van der Waals surface area contributed by atoms with Crippen LogP contribution in [0, 0.1) is 11.8 Å². The second kappa shape index (κ2) is 8.45. The lowest BCUT2D eigenvalue weighted by Gasteiger charge is -2.25. The van der Waals surface area contributed by atoms with E-state index >= 15 is 0 Å². The zero-order chi connectivity index (χ0) is 15.8. The molecule has 0 saturated carbocycles. The van der Waals surface area contributed by atoms with Gasteiger partial charge in [0.1, 0.15) is 0 Å². The molecule has 0 aliphatic carbocycles. The molecule has 2 rings (SSSR count). The maximum absolute atomic E-state index is 11.7. The zero-order valence-electron chi connectivity index (χ0n) is 13.2. The molecule has 0 bridgehead atoms. The maximum Gasteiger partial charge on any atom is 0.250 e. The largest absolute Gasteiger partial charge is 0.381 e. The number of carbonyl (C=O) groups is 1. The lowest BCUT2D eigenvalue weighted by molar-refractivity contribution is 0.0904. The molecule has 1 saturated heterocycles. The summed E-state index contributed by atoms with van der Waals surface area (Å²) in [7, 11) is 0. The number of amides is 1. The van der Waals surface area contributed by atoms with Crippen molar-refractivity contribution in [2.75, 3.05) is 18.5 Å². The SMILES string of the molecule is CCCCC#Cc1ccc(NC2CCOCC2)c(C(N)=O)c1. The summed E-state index contributed by atoms with van der Waals surface area (Å²) in [6.07, 6.45) is 4.99. The zero-order valence-corrected chi connectivity index (χ0v) is 13.2. The number of carbonyl (C=O) groups excluding carboxylic acids is 1. The van der Waals surface area contributed by atoms with Crippen molar-refractivity contribution < 1.29 is 9.53 Å². The fourth-order valence-electron chi connectivity index (χ4n) is 2.44. The summed E-state index contributed by atoms with van der Waals surface area (Å²) in [6.45, 7) is 3.65. The number of nitrogens with two attached hydrogens (primary N) is 1. The molecule has 1 aromatic carbocycles.